The second-order valence-corrected chi connectivity index (χ2v) is 11.6. The number of piperidine rings is 2. The highest BCUT2D eigenvalue weighted by molar-refractivity contribution is 5.77. The average Bonchev–Trinajstić information content (AvgIpc) is 2.95. The van der Waals surface area contributed by atoms with Gasteiger partial charge < -0.3 is 23.7 Å². The van der Waals surface area contributed by atoms with E-state index in [0.717, 1.165) is 59.4 Å². The Morgan fingerprint density at radius 1 is 0.762 bits per heavy atom. The maximum atomic E-state index is 12.3. The van der Waals surface area contributed by atoms with Crippen LogP contribution in [0.3, 0.4) is 0 Å². The summed E-state index contributed by atoms with van der Waals surface area (Å²) in [5.41, 5.74) is 3.96. The fourth-order valence-corrected chi connectivity index (χ4v) is 7.25. The van der Waals surface area contributed by atoms with Crippen molar-refractivity contribution in [3.8, 4) is 22.6 Å². The predicted molar refractivity (Wildman–Crippen MR) is 155 cm³/mol. The molecule has 5 rings (SSSR count). The first-order valence-corrected chi connectivity index (χ1v) is 14.8. The molecule has 3 aliphatic rings. The number of esters is 3. The predicted octanol–water partition coefficient (Wildman–Crippen LogP) is 5.17. The molecule has 6 atom stereocenters. The number of carbonyl (C=O) groups is 3. The zero-order valence-electron chi connectivity index (χ0n) is 25.1. The lowest BCUT2D eigenvalue weighted by Gasteiger charge is -2.54. The summed E-state index contributed by atoms with van der Waals surface area (Å²) in [6, 6.07) is 12.1. The van der Waals surface area contributed by atoms with Crippen molar-refractivity contribution in [1.82, 2.24) is 4.90 Å². The number of carbonyl (C=O) groups excluding carboxylic acids is 3. The summed E-state index contributed by atoms with van der Waals surface area (Å²) in [6.07, 6.45) is 3.65. The van der Waals surface area contributed by atoms with Gasteiger partial charge >= 0.3 is 17.9 Å². The molecule has 3 heterocycles. The molecule has 0 radical (unpaired) electrons. The van der Waals surface area contributed by atoms with E-state index in [0.29, 0.717) is 19.3 Å². The van der Waals surface area contributed by atoms with Crippen LogP contribution in [0, 0.1) is 0 Å². The van der Waals surface area contributed by atoms with Crippen LogP contribution in [0.5, 0.6) is 11.5 Å². The molecule has 9 nitrogen and oxygen atoms in total. The van der Waals surface area contributed by atoms with Gasteiger partial charge in [0.1, 0.15) is 23.7 Å². The molecule has 0 amide bonds. The number of ether oxygens (including phenoxy) is 5. The Bertz CT molecular complexity index is 1330. The van der Waals surface area contributed by atoms with Gasteiger partial charge in [-0.2, -0.15) is 0 Å². The number of aryl methyl sites for hydroxylation is 1. The van der Waals surface area contributed by atoms with Crippen LogP contribution in [0.4, 0.5) is 0 Å². The van der Waals surface area contributed by atoms with Gasteiger partial charge in [0.2, 0.25) is 0 Å². The highest BCUT2D eigenvalue weighted by atomic mass is 16.6. The molecular weight excluding hydrogens is 538 g/mol. The molecule has 226 valence electrons. The maximum Gasteiger partial charge on any atom is 0.303 e. The Balaban J connectivity index is 1.69. The molecule has 42 heavy (non-hydrogen) atoms. The van der Waals surface area contributed by atoms with Crippen molar-refractivity contribution in [1.29, 1.82) is 0 Å². The second kappa shape index (κ2) is 12.7. The summed E-state index contributed by atoms with van der Waals surface area (Å²) in [5.74, 6) is 0.338. The SMILES string of the molecule is COc1ccc2cc1-c1cc(ccc1OC)[C@H]1CC(OC(C)=O)C(OC(C)=O)C3CCC[C@@H](C[C@H](OC(C)=O)CC2)N31. The van der Waals surface area contributed by atoms with E-state index in [-0.39, 0.29) is 30.2 Å². The Hall–Kier alpha value is -3.59. The molecule has 2 aromatic rings. The van der Waals surface area contributed by atoms with Gasteiger partial charge in [0.05, 0.1) is 20.3 Å². The van der Waals surface area contributed by atoms with Crippen LogP contribution in [0.2, 0.25) is 0 Å². The molecule has 9 heteroatoms. The van der Waals surface area contributed by atoms with Crippen molar-refractivity contribution in [3.63, 3.8) is 0 Å². The first kappa shape index (κ1) is 29.9. The molecule has 2 saturated heterocycles. The first-order valence-electron chi connectivity index (χ1n) is 14.8. The summed E-state index contributed by atoms with van der Waals surface area (Å²) in [4.78, 5) is 39.2. The summed E-state index contributed by atoms with van der Waals surface area (Å²) in [7, 11) is 3.31. The fraction of sp³-hybridized carbons (Fsp3) is 0.545. The van der Waals surface area contributed by atoms with Gasteiger partial charge in [0.15, 0.2) is 6.10 Å². The molecule has 2 fully saturated rings. The van der Waals surface area contributed by atoms with Crippen molar-refractivity contribution in [2.45, 2.75) is 102 Å². The number of methoxy groups -OCH3 is 2. The fourth-order valence-electron chi connectivity index (χ4n) is 7.25. The van der Waals surface area contributed by atoms with E-state index in [2.05, 4.69) is 29.2 Å². The van der Waals surface area contributed by atoms with Crippen molar-refractivity contribution >= 4 is 17.9 Å². The molecule has 3 unspecified atom stereocenters. The smallest absolute Gasteiger partial charge is 0.303 e. The summed E-state index contributed by atoms with van der Waals surface area (Å²) < 4.78 is 29.2. The average molecular weight is 580 g/mol. The molecule has 4 bridgehead atoms. The third-order valence-corrected chi connectivity index (χ3v) is 8.81. The van der Waals surface area contributed by atoms with Crippen LogP contribution in [0.15, 0.2) is 36.4 Å². The van der Waals surface area contributed by atoms with Crippen molar-refractivity contribution in [2.24, 2.45) is 0 Å². The van der Waals surface area contributed by atoms with Crippen LogP contribution < -0.4 is 9.47 Å². The molecule has 0 spiro atoms. The third-order valence-electron chi connectivity index (χ3n) is 8.81. The molecule has 0 saturated carbocycles. The van der Waals surface area contributed by atoms with E-state index >= 15 is 0 Å². The standard InChI is InChI=1S/C33H41NO8/c1-19(35)40-25-12-9-22-10-13-30(38-4)26(15-22)27-16-23(11-14-31(27)39-5)29-18-32(41-20(2)36)33(42-21(3)37)28-8-6-7-24(17-25)34(28)29/h10-11,13-16,24-25,28-29,32-33H,6-9,12,17-18H2,1-5H3/t24-,25+,28?,29+,32?,33?/m0/s1. The van der Waals surface area contributed by atoms with Gasteiger partial charge in [-0.3, -0.25) is 19.3 Å². The second-order valence-electron chi connectivity index (χ2n) is 11.6. The van der Waals surface area contributed by atoms with E-state index in [4.69, 9.17) is 23.7 Å². The molecular formula is C33H41NO8. The third kappa shape index (κ3) is 6.26. The quantitative estimate of drug-likeness (QED) is 0.351. The Morgan fingerprint density at radius 3 is 2.10 bits per heavy atom. The lowest BCUT2D eigenvalue weighted by atomic mass is 9.78. The van der Waals surface area contributed by atoms with E-state index < -0.39 is 24.1 Å². The molecule has 2 aromatic carbocycles. The lowest BCUT2D eigenvalue weighted by Crippen LogP contribution is -2.62. The van der Waals surface area contributed by atoms with E-state index in [1.165, 1.54) is 20.8 Å². The number of benzene rings is 2. The minimum atomic E-state index is -0.597. The molecule has 3 aliphatic heterocycles. The van der Waals surface area contributed by atoms with E-state index in [1.807, 2.05) is 12.1 Å². The summed E-state index contributed by atoms with van der Waals surface area (Å²) in [6.45, 7) is 4.24. The molecule has 0 N–H and O–H groups in total. The van der Waals surface area contributed by atoms with E-state index in [9.17, 15) is 14.4 Å². The zero-order chi connectivity index (χ0) is 30.0. The van der Waals surface area contributed by atoms with Crippen molar-refractivity contribution in [3.05, 3.63) is 47.5 Å². The van der Waals surface area contributed by atoms with Gasteiger partial charge in [-0.25, -0.2) is 0 Å². The normalized spacial score (nSPS) is 27.2. The number of hydrogen-bond acceptors (Lipinski definition) is 9. The minimum absolute atomic E-state index is 0.0680. The Kier molecular flexibility index (Phi) is 9.06. The number of rotatable bonds is 5. The molecule has 0 aliphatic carbocycles. The summed E-state index contributed by atoms with van der Waals surface area (Å²) >= 11 is 0. The van der Waals surface area contributed by atoms with E-state index in [1.54, 1.807) is 14.2 Å². The van der Waals surface area contributed by atoms with Crippen molar-refractivity contribution < 1.29 is 38.1 Å². The number of hydrogen-bond donors (Lipinski definition) is 0. The monoisotopic (exact) mass is 579 g/mol. The van der Waals surface area contributed by atoms with Gasteiger partial charge in [-0.15, -0.1) is 0 Å². The lowest BCUT2D eigenvalue weighted by molar-refractivity contribution is -0.192. The summed E-state index contributed by atoms with van der Waals surface area (Å²) in [5, 5.41) is 0. The highest BCUT2D eigenvalue weighted by Crippen LogP contribution is 2.47. The van der Waals surface area contributed by atoms with Crippen LogP contribution in [-0.4, -0.2) is 67.4 Å². The minimum Gasteiger partial charge on any atom is -0.496 e. The van der Waals surface area contributed by atoms with Crippen LogP contribution in [0.1, 0.15) is 76.5 Å². The van der Waals surface area contributed by atoms with Gasteiger partial charge in [-0.1, -0.05) is 18.6 Å². The molecule has 0 aromatic heterocycles. The highest BCUT2D eigenvalue weighted by Gasteiger charge is 2.51. The first-order chi connectivity index (χ1) is 20.2. The van der Waals surface area contributed by atoms with Crippen molar-refractivity contribution in [2.75, 3.05) is 14.2 Å². The number of fused-ring (bicyclic) bond motifs is 6. The van der Waals surface area contributed by atoms with Gasteiger partial charge in [0.25, 0.3) is 0 Å². The number of nitrogens with zero attached hydrogens (tertiary/aromatic N) is 1. The maximum absolute atomic E-state index is 12.3. The van der Waals surface area contributed by atoms with Gasteiger partial charge in [-0.05, 0) is 67.5 Å². The zero-order valence-corrected chi connectivity index (χ0v) is 25.1. The largest absolute Gasteiger partial charge is 0.496 e. The van der Waals surface area contributed by atoms with Crippen LogP contribution in [0.25, 0.3) is 11.1 Å². The topological polar surface area (TPSA) is 101 Å². The van der Waals surface area contributed by atoms with Crippen LogP contribution >= 0.6 is 0 Å². The Morgan fingerprint density at radius 2 is 1.43 bits per heavy atom. The Labute approximate surface area is 247 Å². The van der Waals surface area contributed by atoms with Gasteiger partial charge in [0, 0.05) is 50.4 Å². The van der Waals surface area contributed by atoms with Crippen LogP contribution in [-0.2, 0) is 35.0 Å².